The lowest BCUT2D eigenvalue weighted by molar-refractivity contribution is -0.122. The Balaban J connectivity index is 1.35. The summed E-state index contributed by atoms with van der Waals surface area (Å²) in [5, 5.41) is 2.97. The van der Waals surface area contributed by atoms with Crippen LogP contribution in [0.25, 0.3) is 11.2 Å². The topological polar surface area (TPSA) is 126 Å². The van der Waals surface area contributed by atoms with Crippen LogP contribution < -0.4 is 21.3 Å². The fourth-order valence-electron chi connectivity index (χ4n) is 3.78. The molecule has 0 aliphatic heterocycles. The molecule has 1 aliphatic rings. The minimum atomic E-state index is -0.524. The Kier molecular flexibility index (Phi) is 5.53. The van der Waals surface area contributed by atoms with E-state index in [1.165, 1.54) is 29.6 Å². The molecular formula is C19H22FN7O4. The molecule has 0 saturated heterocycles. The van der Waals surface area contributed by atoms with Gasteiger partial charge in [-0.3, -0.25) is 18.7 Å². The Hall–Kier alpha value is -3.57. The van der Waals surface area contributed by atoms with Crippen LogP contribution in [0.5, 0.6) is 6.01 Å². The Bertz CT molecular complexity index is 1220. The molecule has 1 fully saturated rings. The van der Waals surface area contributed by atoms with Crippen LogP contribution in [-0.4, -0.2) is 46.7 Å². The molecule has 11 nitrogen and oxygen atoms in total. The maximum absolute atomic E-state index is 12.9. The van der Waals surface area contributed by atoms with Crippen LogP contribution in [-0.2, 0) is 25.4 Å². The van der Waals surface area contributed by atoms with Gasteiger partial charge in [-0.25, -0.2) is 24.1 Å². The Morgan fingerprint density at radius 2 is 1.81 bits per heavy atom. The van der Waals surface area contributed by atoms with Gasteiger partial charge in [0.05, 0.1) is 18.7 Å². The van der Waals surface area contributed by atoms with Gasteiger partial charge in [0.15, 0.2) is 17.0 Å². The van der Waals surface area contributed by atoms with Gasteiger partial charge in [-0.2, -0.15) is 0 Å². The average molecular weight is 431 g/mol. The van der Waals surface area contributed by atoms with Crippen molar-refractivity contribution in [1.82, 2.24) is 34.0 Å². The van der Waals surface area contributed by atoms with Crippen molar-refractivity contribution in [2.75, 3.05) is 0 Å². The van der Waals surface area contributed by atoms with Gasteiger partial charge < -0.3 is 14.6 Å². The van der Waals surface area contributed by atoms with Gasteiger partial charge in [-0.15, -0.1) is 0 Å². The molecule has 0 bridgehead atoms. The van der Waals surface area contributed by atoms with Crippen molar-refractivity contribution in [3.05, 3.63) is 45.4 Å². The van der Waals surface area contributed by atoms with Crippen molar-refractivity contribution in [3.63, 3.8) is 0 Å². The number of fused-ring (bicyclic) bond motifs is 1. The van der Waals surface area contributed by atoms with Crippen LogP contribution in [0, 0.1) is 5.82 Å². The summed E-state index contributed by atoms with van der Waals surface area (Å²) >= 11 is 0. The standard InChI is InChI=1S/C19H22FN7O4/c1-25-16-15(17(29)26(2)19(25)30)27(10-23-16)9-14(28)24-12-3-5-13(6-4-12)31-18-21-7-11(20)8-22-18/h7-8,10,12-13H,3-6,9H2,1-2H3,(H,24,28). The molecule has 12 heteroatoms. The van der Waals surface area contributed by atoms with Gasteiger partial charge in [0.2, 0.25) is 5.91 Å². The molecule has 0 atom stereocenters. The third-order valence-corrected chi connectivity index (χ3v) is 5.44. The number of hydrogen-bond donors (Lipinski definition) is 1. The van der Waals surface area contributed by atoms with Crippen LogP contribution >= 0.6 is 0 Å². The number of hydrogen-bond acceptors (Lipinski definition) is 7. The molecule has 1 aliphatic carbocycles. The van der Waals surface area contributed by atoms with Crippen LogP contribution in [0.3, 0.4) is 0 Å². The second-order valence-electron chi connectivity index (χ2n) is 7.59. The highest BCUT2D eigenvalue weighted by Crippen LogP contribution is 2.22. The minimum absolute atomic E-state index is 0.0246. The molecular weight excluding hydrogens is 409 g/mol. The van der Waals surface area contributed by atoms with E-state index in [2.05, 4.69) is 20.3 Å². The van der Waals surface area contributed by atoms with E-state index in [9.17, 15) is 18.8 Å². The summed E-state index contributed by atoms with van der Waals surface area (Å²) in [6, 6.07) is 0.111. The highest BCUT2D eigenvalue weighted by atomic mass is 19.1. The lowest BCUT2D eigenvalue weighted by atomic mass is 9.93. The van der Waals surface area contributed by atoms with E-state index in [0.29, 0.717) is 25.7 Å². The second-order valence-corrected chi connectivity index (χ2v) is 7.59. The second kappa shape index (κ2) is 8.28. The van der Waals surface area contributed by atoms with Crippen molar-refractivity contribution in [3.8, 4) is 6.01 Å². The molecule has 3 heterocycles. The first kappa shape index (κ1) is 20.7. The summed E-state index contributed by atoms with van der Waals surface area (Å²) in [7, 11) is 2.91. The largest absolute Gasteiger partial charge is 0.460 e. The first-order chi connectivity index (χ1) is 14.8. The van der Waals surface area contributed by atoms with Crippen LogP contribution in [0.15, 0.2) is 28.3 Å². The quantitative estimate of drug-likeness (QED) is 0.596. The summed E-state index contributed by atoms with van der Waals surface area (Å²) in [5.74, 6) is -0.772. The van der Waals surface area contributed by atoms with Crippen molar-refractivity contribution in [1.29, 1.82) is 0 Å². The predicted molar refractivity (Wildman–Crippen MR) is 107 cm³/mol. The number of aromatic nitrogens is 6. The monoisotopic (exact) mass is 431 g/mol. The van der Waals surface area contributed by atoms with Crippen LogP contribution in [0.4, 0.5) is 4.39 Å². The zero-order valence-corrected chi connectivity index (χ0v) is 17.1. The first-order valence-corrected chi connectivity index (χ1v) is 9.88. The molecule has 1 N–H and O–H groups in total. The van der Waals surface area contributed by atoms with E-state index in [-0.39, 0.29) is 41.8 Å². The number of halogens is 1. The number of nitrogens with one attached hydrogen (secondary N) is 1. The van der Waals surface area contributed by atoms with Crippen molar-refractivity contribution >= 4 is 17.1 Å². The molecule has 164 valence electrons. The van der Waals surface area contributed by atoms with Crippen molar-refractivity contribution in [2.24, 2.45) is 14.1 Å². The number of nitrogens with zero attached hydrogens (tertiary/aromatic N) is 6. The van der Waals surface area contributed by atoms with Gasteiger partial charge in [0.25, 0.3) is 5.56 Å². The van der Waals surface area contributed by atoms with Crippen molar-refractivity contribution in [2.45, 2.75) is 44.4 Å². The molecule has 3 aromatic heterocycles. The summed E-state index contributed by atoms with van der Waals surface area (Å²) in [6.45, 7) is -0.0796. The van der Waals surface area contributed by atoms with E-state index < -0.39 is 17.1 Å². The Morgan fingerprint density at radius 3 is 2.48 bits per heavy atom. The SMILES string of the molecule is Cn1c(=O)c2c(ncn2CC(=O)NC2CCC(Oc3ncc(F)cn3)CC2)n(C)c1=O. The minimum Gasteiger partial charge on any atom is -0.460 e. The molecule has 0 radical (unpaired) electrons. The van der Waals surface area contributed by atoms with Gasteiger partial charge >= 0.3 is 11.7 Å². The molecule has 4 rings (SSSR count). The average Bonchev–Trinajstić information content (AvgIpc) is 3.17. The number of rotatable bonds is 5. The molecule has 3 aromatic rings. The highest BCUT2D eigenvalue weighted by Gasteiger charge is 2.25. The molecule has 1 saturated carbocycles. The van der Waals surface area contributed by atoms with E-state index in [0.717, 1.165) is 17.0 Å². The number of ether oxygens (including phenoxy) is 1. The number of imidazole rings is 1. The number of carbonyl (C=O) groups excluding carboxylic acids is 1. The lowest BCUT2D eigenvalue weighted by Crippen LogP contribution is -2.41. The third-order valence-electron chi connectivity index (χ3n) is 5.44. The summed E-state index contributed by atoms with van der Waals surface area (Å²) in [6.07, 6.45) is 6.21. The third kappa shape index (κ3) is 4.18. The zero-order chi connectivity index (χ0) is 22.1. The van der Waals surface area contributed by atoms with Gasteiger partial charge in [0.1, 0.15) is 12.6 Å². The van der Waals surface area contributed by atoms with Crippen molar-refractivity contribution < 1.29 is 13.9 Å². The fraction of sp³-hybridized carbons (Fsp3) is 0.474. The summed E-state index contributed by atoms with van der Waals surface area (Å²) < 4.78 is 22.3. The normalized spacial score (nSPS) is 18.8. The summed E-state index contributed by atoms with van der Waals surface area (Å²) in [4.78, 5) is 48.7. The molecule has 0 unspecified atom stereocenters. The van der Waals surface area contributed by atoms with Gasteiger partial charge in [-0.05, 0) is 25.7 Å². The fourth-order valence-corrected chi connectivity index (χ4v) is 3.78. The smallest absolute Gasteiger partial charge is 0.332 e. The molecule has 0 aromatic carbocycles. The maximum atomic E-state index is 12.9. The Morgan fingerprint density at radius 1 is 1.13 bits per heavy atom. The number of amides is 1. The number of aryl methyl sites for hydroxylation is 1. The lowest BCUT2D eigenvalue weighted by Gasteiger charge is -2.28. The summed E-state index contributed by atoms with van der Waals surface area (Å²) in [5.41, 5.74) is -0.529. The molecule has 1 amide bonds. The Labute approximate surface area is 175 Å². The first-order valence-electron chi connectivity index (χ1n) is 9.88. The zero-order valence-electron chi connectivity index (χ0n) is 17.1. The van der Waals surface area contributed by atoms with Crippen LogP contribution in [0.1, 0.15) is 25.7 Å². The van der Waals surface area contributed by atoms with Gasteiger partial charge in [0, 0.05) is 20.1 Å². The highest BCUT2D eigenvalue weighted by molar-refractivity contribution is 5.79. The van der Waals surface area contributed by atoms with Crippen LogP contribution in [0.2, 0.25) is 0 Å². The predicted octanol–water partition coefficient (Wildman–Crippen LogP) is -0.131. The maximum Gasteiger partial charge on any atom is 0.332 e. The number of carbonyl (C=O) groups is 1. The molecule has 0 spiro atoms. The van der Waals surface area contributed by atoms with Gasteiger partial charge in [-0.1, -0.05) is 0 Å². The van der Waals surface area contributed by atoms with E-state index in [1.807, 2.05) is 0 Å². The van der Waals surface area contributed by atoms with E-state index >= 15 is 0 Å². The molecule has 31 heavy (non-hydrogen) atoms. The van der Waals surface area contributed by atoms with E-state index in [1.54, 1.807) is 0 Å². The van der Waals surface area contributed by atoms with E-state index in [4.69, 9.17) is 4.74 Å².